The molecule has 0 unspecified atom stereocenters. The first-order chi connectivity index (χ1) is 11.6. The number of likely N-dealkylation sites (N-methyl/N-ethyl adjacent to an activating group) is 1. The van der Waals surface area contributed by atoms with Gasteiger partial charge in [0.05, 0.1) is 6.04 Å². The molecule has 0 bridgehead atoms. The minimum atomic E-state index is -0.188. The van der Waals surface area contributed by atoms with E-state index in [1.54, 1.807) is 0 Å². The van der Waals surface area contributed by atoms with Gasteiger partial charge < -0.3 is 14.2 Å². The molecule has 126 valence electrons. The second-order valence-electron chi connectivity index (χ2n) is 6.58. The lowest BCUT2D eigenvalue weighted by atomic mass is 9.99. The molecule has 0 saturated carbocycles. The molecule has 2 aliphatic rings. The van der Waals surface area contributed by atoms with Crippen LogP contribution in [0.1, 0.15) is 23.3 Å². The number of carbonyl (C=O) groups is 1. The quantitative estimate of drug-likeness (QED) is 0.837. The van der Waals surface area contributed by atoms with E-state index in [0.717, 1.165) is 30.2 Å². The van der Waals surface area contributed by atoms with Gasteiger partial charge in [-0.15, -0.1) is 0 Å². The van der Waals surface area contributed by atoms with Crippen LogP contribution in [0.15, 0.2) is 36.7 Å². The Morgan fingerprint density at radius 2 is 2.08 bits per heavy atom. The van der Waals surface area contributed by atoms with Gasteiger partial charge in [0.1, 0.15) is 24.1 Å². The minimum absolute atomic E-state index is 0.125. The first-order valence-corrected chi connectivity index (χ1v) is 8.33. The third kappa shape index (κ3) is 2.47. The smallest absolute Gasteiger partial charge is 0.233 e. The van der Waals surface area contributed by atoms with Gasteiger partial charge in [0.15, 0.2) is 0 Å². The van der Waals surface area contributed by atoms with Gasteiger partial charge in [-0.2, -0.15) is 0 Å². The van der Waals surface area contributed by atoms with Crippen molar-refractivity contribution in [3.63, 3.8) is 0 Å². The topological polar surface area (TPSA) is 50.6 Å². The maximum Gasteiger partial charge on any atom is 0.233 e. The molecule has 3 heterocycles. The average Bonchev–Trinajstić information content (AvgIpc) is 3.21. The van der Waals surface area contributed by atoms with Gasteiger partial charge in [0.2, 0.25) is 5.91 Å². The molecule has 24 heavy (non-hydrogen) atoms. The third-order valence-corrected chi connectivity index (χ3v) is 5.11. The van der Waals surface area contributed by atoms with Crippen LogP contribution in [0.3, 0.4) is 0 Å². The summed E-state index contributed by atoms with van der Waals surface area (Å²) in [6.45, 7) is 2.70. The van der Waals surface area contributed by atoms with Crippen LogP contribution in [0.25, 0.3) is 0 Å². The summed E-state index contributed by atoms with van der Waals surface area (Å²) in [5, 5.41) is 0. The van der Waals surface area contributed by atoms with Crippen LogP contribution < -0.4 is 4.74 Å². The molecule has 1 fully saturated rings. The highest BCUT2D eigenvalue weighted by Crippen LogP contribution is 2.35. The molecule has 6 heteroatoms. The largest absolute Gasteiger partial charge is 0.492 e. The lowest BCUT2D eigenvalue weighted by molar-refractivity contribution is -0.136. The van der Waals surface area contributed by atoms with Crippen LogP contribution in [0.5, 0.6) is 5.75 Å². The first kappa shape index (κ1) is 15.2. The van der Waals surface area contributed by atoms with E-state index in [1.807, 2.05) is 53.2 Å². The summed E-state index contributed by atoms with van der Waals surface area (Å²) in [6, 6.07) is 7.97. The maximum absolute atomic E-state index is 13.1. The van der Waals surface area contributed by atoms with Crippen molar-refractivity contribution in [1.82, 2.24) is 19.4 Å². The van der Waals surface area contributed by atoms with Crippen molar-refractivity contribution in [3.05, 3.63) is 48.0 Å². The van der Waals surface area contributed by atoms with Crippen molar-refractivity contribution in [1.29, 1.82) is 0 Å². The number of imidazole rings is 1. The molecule has 0 radical (unpaired) electrons. The molecule has 1 amide bonds. The zero-order valence-electron chi connectivity index (χ0n) is 14.1. The number of para-hydroxylation sites is 1. The number of piperazine rings is 1. The van der Waals surface area contributed by atoms with Gasteiger partial charge in [-0.3, -0.25) is 9.69 Å². The molecule has 2 aromatic rings. The van der Waals surface area contributed by atoms with E-state index in [1.165, 1.54) is 0 Å². The van der Waals surface area contributed by atoms with E-state index in [2.05, 4.69) is 16.9 Å². The Morgan fingerprint density at radius 3 is 2.88 bits per heavy atom. The van der Waals surface area contributed by atoms with Crippen LogP contribution in [0, 0.1) is 0 Å². The Bertz CT molecular complexity index is 757. The highest BCUT2D eigenvalue weighted by molar-refractivity contribution is 5.85. The van der Waals surface area contributed by atoms with Gasteiger partial charge in [0.25, 0.3) is 0 Å². The lowest BCUT2D eigenvalue weighted by Gasteiger charge is -2.39. The van der Waals surface area contributed by atoms with Crippen molar-refractivity contribution < 1.29 is 9.53 Å². The molecule has 2 atom stereocenters. The second-order valence-corrected chi connectivity index (χ2v) is 6.58. The van der Waals surface area contributed by atoms with Crippen molar-refractivity contribution in [3.8, 4) is 5.75 Å². The standard InChI is InChI=1S/C18H22N4O2/c1-20-9-10-22(11-15(20)17-19-7-8-21(17)2)18(23)14-12-24-16-6-4-3-5-13(14)16/h3-8,14-15H,9-12H2,1-2H3/t14-,15+/m0/s1. The molecule has 1 aromatic carbocycles. The lowest BCUT2D eigenvalue weighted by Crippen LogP contribution is -2.51. The van der Waals surface area contributed by atoms with E-state index >= 15 is 0 Å². The number of fused-ring (bicyclic) bond motifs is 1. The summed E-state index contributed by atoms with van der Waals surface area (Å²) in [4.78, 5) is 21.8. The predicted octanol–water partition coefficient (Wildman–Crippen LogP) is 1.41. The molecular weight excluding hydrogens is 304 g/mol. The van der Waals surface area contributed by atoms with E-state index in [9.17, 15) is 4.79 Å². The Balaban J connectivity index is 1.55. The highest BCUT2D eigenvalue weighted by atomic mass is 16.5. The molecule has 2 aliphatic heterocycles. The number of nitrogens with zero attached hydrogens (tertiary/aromatic N) is 4. The molecular formula is C18H22N4O2. The Labute approximate surface area is 141 Å². The fourth-order valence-corrected chi connectivity index (χ4v) is 3.64. The van der Waals surface area contributed by atoms with E-state index < -0.39 is 0 Å². The van der Waals surface area contributed by atoms with Gasteiger partial charge in [-0.05, 0) is 13.1 Å². The monoisotopic (exact) mass is 326 g/mol. The fourth-order valence-electron chi connectivity index (χ4n) is 3.64. The summed E-state index contributed by atoms with van der Waals surface area (Å²) in [5.74, 6) is 1.81. The second kappa shape index (κ2) is 5.94. The summed E-state index contributed by atoms with van der Waals surface area (Å²) in [6.07, 6.45) is 3.76. The number of amides is 1. The number of aryl methyl sites for hydroxylation is 1. The Hall–Kier alpha value is -2.34. The minimum Gasteiger partial charge on any atom is -0.492 e. The molecule has 0 N–H and O–H groups in total. The zero-order valence-corrected chi connectivity index (χ0v) is 14.1. The number of hydrogen-bond acceptors (Lipinski definition) is 4. The van der Waals surface area contributed by atoms with Crippen molar-refractivity contribution in [2.45, 2.75) is 12.0 Å². The maximum atomic E-state index is 13.1. The number of aromatic nitrogens is 2. The summed E-state index contributed by atoms with van der Waals surface area (Å²) < 4.78 is 7.72. The fraction of sp³-hybridized carbons (Fsp3) is 0.444. The summed E-state index contributed by atoms with van der Waals surface area (Å²) >= 11 is 0. The molecule has 4 rings (SSSR count). The van der Waals surface area contributed by atoms with Crippen LogP contribution in [0.2, 0.25) is 0 Å². The summed E-state index contributed by atoms with van der Waals surface area (Å²) in [7, 11) is 4.09. The van der Waals surface area contributed by atoms with Crippen LogP contribution in [-0.4, -0.2) is 58.5 Å². The van der Waals surface area contributed by atoms with Gasteiger partial charge in [0, 0.05) is 44.6 Å². The van der Waals surface area contributed by atoms with Gasteiger partial charge >= 0.3 is 0 Å². The SMILES string of the molecule is CN1CCN(C(=O)[C@H]2COc3ccccc32)C[C@@H]1c1nccn1C. The summed E-state index contributed by atoms with van der Waals surface area (Å²) in [5.41, 5.74) is 1.01. The third-order valence-electron chi connectivity index (χ3n) is 5.11. The first-order valence-electron chi connectivity index (χ1n) is 8.33. The van der Waals surface area contributed by atoms with E-state index in [4.69, 9.17) is 4.74 Å². The van der Waals surface area contributed by atoms with Gasteiger partial charge in [-0.1, -0.05) is 18.2 Å². The predicted molar refractivity (Wildman–Crippen MR) is 89.8 cm³/mol. The molecule has 1 aromatic heterocycles. The molecule has 1 saturated heterocycles. The number of benzene rings is 1. The van der Waals surface area contributed by atoms with Gasteiger partial charge in [-0.25, -0.2) is 4.98 Å². The van der Waals surface area contributed by atoms with Crippen molar-refractivity contribution >= 4 is 5.91 Å². The molecule has 0 spiro atoms. The zero-order chi connectivity index (χ0) is 16.7. The van der Waals surface area contributed by atoms with Crippen LogP contribution in [0.4, 0.5) is 0 Å². The van der Waals surface area contributed by atoms with Crippen LogP contribution in [-0.2, 0) is 11.8 Å². The van der Waals surface area contributed by atoms with E-state index in [0.29, 0.717) is 13.2 Å². The Kier molecular flexibility index (Phi) is 3.76. The number of rotatable bonds is 2. The highest BCUT2D eigenvalue weighted by Gasteiger charge is 2.37. The number of hydrogen-bond donors (Lipinski definition) is 0. The normalized spacial score (nSPS) is 23.8. The van der Waals surface area contributed by atoms with Crippen molar-refractivity contribution in [2.24, 2.45) is 7.05 Å². The average molecular weight is 326 g/mol. The van der Waals surface area contributed by atoms with Crippen LogP contribution >= 0.6 is 0 Å². The molecule has 6 nitrogen and oxygen atoms in total. The number of carbonyl (C=O) groups excluding carboxylic acids is 1. The van der Waals surface area contributed by atoms with E-state index in [-0.39, 0.29) is 17.9 Å². The molecule has 0 aliphatic carbocycles. The number of ether oxygens (including phenoxy) is 1. The van der Waals surface area contributed by atoms with Crippen molar-refractivity contribution in [2.75, 3.05) is 33.3 Å². The Morgan fingerprint density at radius 1 is 1.25 bits per heavy atom.